The van der Waals surface area contributed by atoms with E-state index in [4.69, 9.17) is 10.5 Å². The predicted molar refractivity (Wildman–Crippen MR) is 69.6 cm³/mol. The molecule has 0 heterocycles. The van der Waals surface area contributed by atoms with E-state index in [9.17, 15) is 4.79 Å². The number of ether oxygens (including phenoxy) is 1. The summed E-state index contributed by atoms with van der Waals surface area (Å²) in [5, 5.41) is 0. The van der Waals surface area contributed by atoms with Gasteiger partial charge in [0.25, 0.3) is 0 Å². The molecular weight excluding hydrogens is 226 g/mol. The van der Waals surface area contributed by atoms with Gasteiger partial charge in [-0.1, -0.05) is 12.1 Å². The minimum Gasteiger partial charge on any atom is -0.497 e. The van der Waals surface area contributed by atoms with Gasteiger partial charge in [0.15, 0.2) is 5.78 Å². The van der Waals surface area contributed by atoms with E-state index in [1.165, 1.54) is 12.8 Å². The topological polar surface area (TPSA) is 52.3 Å². The molecule has 4 atom stereocenters. The Morgan fingerprint density at radius 1 is 1.33 bits per heavy atom. The number of benzene rings is 1. The minimum absolute atomic E-state index is 0.0239. The molecular formula is C15H19NO2. The van der Waals surface area contributed by atoms with E-state index in [1.54, 1.807) is 7.11 Å². The Hall–Kier alpha value is -1.35. The largest absolute Gasteiger partial charge is 0.497 e. The van der Waals surface area contributed by atoms with E-state index in [0.29, 0.717) is 11.8 Å². The monoisotopic (exact) mass is 245 g/mol. The Labute approximate surface area is 107 Å². The predicted octanol–water partition coefficient (Wildman–Crippen LogP) is 2.25. The lowest BCUT2D eigenvalue weighted by molar-refractivity contribution is 0.0856. The third-order valence-electron chi connectivity index (χ3n) is 4.64. The molecule has 96 valence electrons. The van der Waals surface area contributed by atoms with Crippen molar-refractivity contribution in [3.05, 3.63) is 29.8 Å². The Morgan fingerprint density at radius 2 is 2.11 bits per heavy atom. The first-order valence-corrected chi connectivity index (χ1v) is 6.64. The van der Waals surface area contributed by atoms with Crippen LogP contribution in [0.1, 0.15) is 29.6 Å². The average molecular weight is 245 g/mol. The molecule has 0 amide bonds. The lowest BCUT2D eigenvalue weighted by Crippen LogP contribution is -2.40. The van der Waals surface area contributed by atoms with E-state index < -0.39 is 0 Å². The SMILES string of the molecule is COc1cccc(C(=O)C2C3CCC(C3)C2N)c1. The summed E-state index contributed by atoms with van der Waals surface area (Å²) in [5.41, 5.74) is 6.96. The zero-order valence-corrected chi connectivity index (χ0v) is 10.6. The first-order valence-electron chi connectivity index (χ1n) is 6.64. The number of methoxy groups -OCH3 is 1. The highest BCUT2D eigenvalue weighted by molar-refractivity contribution is 5.99. The van der Waals surface area contributed by atoms with Crippen LogP contribution in [-0.2, 0) is 0 Å². The summed E-state index contributed by atoms with van der Waals surface area (Å²) in [6.45, 7) is 0. The van der Waals surface area contributed by atoms with Crippen molar-refractivity contribution in [1.29, 1.82) is 0 Å². The molecule has 3 rings (SSSR count). The molecule has 2 N–H and O–H groups in total. The van der Waals surface area contributed by atoms with Gasteiger partial charge in [0.05, 0.1) is 7.11 Å². The maximum atomic E-state index is 12.6. The second-order valence-corrected chi connectivity index (χ2v) is 5.53. The standard InChI is InChI=1S/C15H19NO2/c1-18-12-4-2-3-11(8-12)15(17)13-9-5-6-10(7-9)14(13)16/h2-4,8-10,13-14H,5-7,16H2,1H3. The van der Waals surface area contributed by atoms with E-state index >= 15 is 0 Å². The zero-order chi connectivity index (χ0) is 12.7. The number of hydrogen-bond acceptors (Lipinski definition) is 3. The maximum Gasteiger partial charge on any atom is 0.167 e. The fourth-order valence-electron chi connectivity index (χ4n) is 3.69. The lowest BCUT2D eigenvalue weighted by Gasteiger charge is -2.26. The number of fused-ring (bicyclic) bond motifs is 2. The molecule has 3 nitrogen and oxygen atoms in total. The smallest absolute Gasteiger partial charge is 0.167 e. The van der Waals surface area contributed by atoms with Gasteiger partial charge in [-0.05, 0) is 43.2 Å². The van der Waals surface area contributed by atoms with Gasteiger partial charge in [-0.3, -0.25) is 4.79 Å². The van der Waals surface area contributed by atoms with Gasteiger partial charge in [-0.15, -0.1) is 0 Å². The van der Waals surface area contributed by atoms with Gasteiger partial charge in [0, 0.05) is 17.5 Å². The highest BCUT2D eigenvalue weighted by atomic mass is 16.5. The van der Waals surface area contributed by atoms with Gasteiger partial charge in [0.2, 0.25) is 0 Å². The maximum absolute atomic E-state index is 12.6. The molecule has 2 aliphatic rings. The number of ketones is 1. The van der Waals surface area contributed by atoms with E-state index in [-0.39, 0.29) is 17.7 Å². The second kappa shape index (κ2) is 4.39. The lowest BCUT2D eigenvalue weighted by atomic mass is 9.80. The van der Waals surface area contributed by atoms with Crippen LogP contribution in [-0.4, -0.2) is 18.9 Å². The third kappa shape index (κ3) is 1.74. The molecule has 0 radical (unpaired) electrons. The van der Waals surface area contributed by atoms with E-state index in [0.717, 1.165) is 17.7 Å². The van der Waals surface area contributed by atoms with E-state index in [2.05, 4.69) is 0 Å². The van der Waals surface area contributed by atoms with Crippen LogP contribution in [0.3, 0.4) is 0 Å². The summed E-state index contributed by atoms with van der Waals surface area (Å²) < 4.78 is 5.17. The Kier molecular flexibility index (Phi) is 2.86. The van der Waals surface area contributed by atoms with Crippen LogP contribution < -0.4 is 10.5 Å². The highest BCUT2D eigenvalue weighted by Crippen LogP contribution is 2.48. The summed E-state index contributed by atoms with van der Waals surface area (Å²) >= 11 is 0. The summed E-state index contributed by atoms with van der Waals surface area (Å²) in [5.74, 6) is 2.03. The summed E-state index contributed by atoms with van der Waals surface area (Å²) in [6.07, 6.45) is 3.51. The van der Waals surface area contributed by atoms with Crippen molar-refractivity contribution in [3.8, 4) is 5.75 Å². The number of carbonyl (C=O) groups excluding carboxylic acids is 1. The first-order chi connectivity index (χ1) is 8.70. The molecule has 1 aromatic carbocycles. The quantitative estimate of drug-likeness (QED) is 0.831. The van der Waals surface area contributed by atoms with Crippen LogP contribution in [0.4, 0.5) is 0 Å². The van der Waals surface area contributed by atoms with Gasteiger partial charge >= 0.3 is 0 Å². The van der Waals surface area contributed by atoms with E-state index in [1.807, 2.05) is 24.3 Å². The van der Waals surface area contributed by atoms with Crippen LogP contribution in [0.2, 0.25) is 0 Å². The molecule has 2 saturated carbocycles. The number of carbonyl (C=O) groups is 1. The van der Waals surface area contributed by atoms with Gasteiger partial charge in [0.1, 0.15) is 5.75 Å². The van der Waals surface area contributed by atoms with Gasteiger partial charge < -0.3 is 10.5 Å². The van der Waals surface area contributed by atoms with Crippen molar-refractivity contribution < 1.29 is 9.53 Å². The van der Waals surface area contributed by atoms with Crippen LogP contribution in [0.25, 0.3) is 0 Å². The second-order valence-electron chi connectivity index (χ2n) is 5.53. The number of rotatable bonds is 3. The molecule has 2 aliphatic carbocycles. The van der Waals surface area contributed by atoms with Crippen molar-refractivity contribution in [3.63, 3.8) is 0 Å². The number of nitrogens with two attached hydrogens (primary N) is 1. The van der Waals surface area contributed by atoms with Crippen LogP contribution in [0.15, 0.2) is 24.3 Å². The molecule has 0 aromatic heterocycles. The molecule has 2 fully saturated rings. The van der Waals surface area contributed by atoms with Crippen molar-refractivity contribution >= 4 is 5.78 Å². The number of hydrogen-bond donors (Lipinski definition) is 1. The van der Waals surface area contributed by atoms with Gasteiger partial charge in [-0.25, -0.2) is 0 Å². The molecule has 1 aromatic rings. The Balaban J connectivity index is 1.86. The molecule has 0 spiro atoms. The molecule has 18 heavy (non-hydrogen) atoms. The number of Topliss-reactive ketones (excluding diaryl/α,β-unsaturated/α-hetero) is 1. The average Bonchev–Trinajstić information content (AvgIpc) is 2.99. The van der Waals surface area contributed by atoms with Crippen molar-refractivity contribution in [2.45, 2.75) is 25.3 Å². The van der Waals surface area contributed by atoms with Gasteiger partial charge in [-0.2, -0.15) is 0 Å². The van der Waals surface area contributed by atoms with Crippen LogP contribution >= 0.6 is 0 Å². The van der Waals surface area contributed by atoms with Crippen molar-refractivity contribution in [2.75, 3.05) is 7.11 Å². The summed E-state index contributed by atoms with van der Waals surface area (Å²) in [4.78, 5) is 12.6. The zero-order valence-electron chi connectivity index (χ0n) is 10.6. The van der Waals surface area contributed by atoms with Crippen LogP contribution in [0, 0.1) is 17.8 Å². The highest BCUT2D eigenvalue weighted by Gasteiger charge is 2.49. The van der Waals surface area contributed by atoms with Crippen LogP contribution in [0.5, 0.6) is 5.75 Å². The third-order valence-corrected chi connectivity index (χ3v) is 4.64. The molecule has 2 bridgehead atoms. The fraction of sp³-hybridized carbons (Fsp3) is 0.533. The first kappa shape index (κ1) is 11.7. The molecule has 0 aliphatic heterocycles. The Morgan fingerprint density at radius 3 is 2.78 bits per heavy atom. The van der Waals surface area contributed by atoms with Crippen molar-refractivity contribution in [1.82, 2.24) is 0 Å². The molecule has 4 unspecified atom stereocenters. The Bertz CT molecular complexity index is 469. The summed E-state index contributed by atoms with van der Waals surface area (Å²) in [6, 6.07) is 7.47. The summed E-state index contributed by atoms with van der Waals surface area (Å²) in [7, 11) is 1.62. The fourth-order valence-corrected chi connectivity index (χ4v) is 3.69. The normalized spacial score (nSPS) is 33.7. The van der Waals surface area contributed by atoms with Crippen molar-refractivity contribution in [2.24, 2.45) is 23.5 Å². The molecule has 0 saturated heterocycles. The molecule has 3 heteroatoms. The minimum atomic E-state index is 0.0239.